The summed E-state index contributed by atoms with van der Waals surface area (Å²) in [5.41, 5.74) is 3.88. The summed E-state index contributed by atoms with van der Waals surface area (Å²) in [5, 5.41) is 18.4. The lowest BCUT2D eigenvalue weighted by Gasteiger charge is -2.03. The number of anilines is 1. The largest absolute Gasteiger partial charge is 0.452 e. The summed E-state index contributed by atoms with van der Waals surface area (Å²) in [4.78, 5) is 24.3. The van der Waals surface area contributed by atoms with Crippen LogP contribution >= 0.6 is 11.3 Å². The fourth-order valence-corrected chi connectivity index (χ4v) is 3.98. The second-order valence-electron chi connectivity index (χ2n) is 7.25. The van der Waals surface area contributed by atoms with E-state index in [1.165, 1.54) is 17.4 Å². The molecule has 0 fully saturated rings. The van der Waals surface area contributed by atoms with Crippen LogP contribution in [0.15, 0.2) is 84.4 Å². The van der Waals surface area contributed by atoms with Gasteiger partial charge in [-0.05, 0) is 23.1 Å². The highest BCUT2D eigenvalue weighted by Crippen LogP contribution is 2.24. The predicted octanol–water partition coefficient (Wildman–Crippen LogP) is 4.73. The number of aromatic nitrogens is 2. The number of nitrogens with one attached hydrogen (secondary N) is 1. The second kappa shape index (κ2) is 10.9. The molecule has 0 spiro atoms. The number of rotatable bonds is 8. The van der Waals surface area contributed by atoms with Crippen molar-refractivity contribution in [2.45, 2.75) is 6.54 Å². The van der Waals surface area contributed by atoms with Crippen molar-refractivity contribution in [2.24, 2.45) is 0 Å². The van der Waals surface area contributed by atoms with Crippen molar-refractivity contribution in [1.29, 1.82) is 5.26 Å². The molecule has 4 rings (SSSR count). The summed E-state index contributed by atoms with van der Waals surface area (Å²) < 4.78 is 6.88. The maximum atomic E-state index is 12.2. The van der Waals surface area contributed by atoms with Crippen LogP contribution in [0, 0.1) is 11.3 Å². The molecule has 2 aromatic carbocycles. The van der Waals surface area contributed by atoms with Gasteiger partial charge < -0.3 is 10.1 Å². The molecule has 0 aliphatic heterocycles. The van der Waals surface area contributed by atoms with Gasteiger partial charge in [-0.1, -0.05) is 60.7 Å². The smallest absolute Gasteiger partial charge is 0.331 e. The molecule has 168 valence electrons. The third kappa shape index (κ3) is 5.85. The number of benzene rings is 2. The number of ether oxygens (including phenoxy) is 1. The van der Waals surface area contributed by atoms with E-state index in [-0.39, 0.29) is 0 Å². The van der Waals surface area contributed by atoms with E-state index in [0.29, 0.717) is 17.1 Å². The molecular formula is C26H20N4O3S. The fourth-order valence-electron chi connectivity index (χ4n) is 3.23. The first-order valence-corrected chi connectivity index (χ1v) is 11.3. The van der Waals surface area contributed by atoms with Crippen molar-refractivity contribution in [1.82, 2.24) is 9.78 Å². The molecule has 0 bridgehead atoms. The number of amides is 1. The lowest BCUT2D eigenvalue weighted by atomic mass is 10.1. The zero-order chi connectivity index (χ0) is 23.8. The Bertz CT molecular complexity index is 1350. The van der Waals surface area contributed by atoms with Crippen LogP contribution in [-0.2, 0) is 20.9 Å². The van der Waals surface area contributed by atoms with Gasteiger partial charge in [0.1, 0.15) is 11.1 Å². The highest BCUT2D eigenvalue weighted by Gasteiger charge is 2.12. The first kappa shape index (κ1) is 22.7. The monoisotopic (exact) mass is 468 g/mol. The SMILES string of the molecule is N#Cc1ccsc1NC(=O)COC(=O)/C=C/c1cn(Cc2ccccc2)nc1-c1ccccc1. The molecule has 0 aliphatic carbocycles. The first-order valence-electron chi connectivity index (χ1n) is 10.4. The molecule has 34 heavy (non-hydrogen) atoms. The molecule has 2 aromatic heterocycles. The Kier molecular flexibility index (Phi) is 7.28. The lowest BCUT2D eigenvalue weighted by molar-refractivity contribution is -0.142. The van der Waals surface area contributed by atoms with Crippen LogP contribution < -0.4 is 5.32 Å². The van der Waals surface area contributed by atoms with Crippen LogP contribution in [0.2, 0.25) is 0 Å². The van der Waals surface area contributed by atoms with Gasteiger partial charge in [-0.25, -0.2) is 4.79 Å². The van der Waals surface area contributed by atoms with Crippen LogP contribution in [0.1, 0.15) is 16.7 Å². The average Bonchev–Trinajstić information content (AvgIpc) is 3.49. The van der Waals surface area contributed by atoms with Crippen molar-refractivity contribution in [2.75, 3.05) is 11.9 Å². The molecule has 1 amide bonds. The van der Waals surface area contributed by atoms with Gasteiger partial charge in [0.15, 0.2) is 6.61 Å². The number of nitrogens with zero attached hydrogens (tertiary/aromatic N) is 3. The minimum absolute atomic E-state index is 0.366. The number of esters is 1. The predicted molar refractivity (Wildman–Crippen MR) is 131 cm³/mol. The Morgan fingerprint density at radius 1 is 1.09 bits per heavy atom. The van der Waals surface area contributed by atoms with Crippen LogP contribution in [0.3, 0.4) is 0 Å². The van der Waals surface area contributed by atoms with Gasteiger partial charge in [-0.3, -0.25) is 9.48 Å². The number of thiophene rings is 1. The maximum absolute atomic E-state index is 12.2. The summed E-state index contributed by atoms with van der Waals surface area (Å²) in [5.74, 6) is -1.17. The van der Waals surface area contributed by atoms with E-state index in [1.807, 2.05) is 77.6 Å². The van der Waals surface area contributed by atoms with Crippen molar-refractivity contribution in [3.8, 4) is 17.3 Å². The normalized spacial score (nSPS) is 10.7. The van der Waals surface area contributed by atoms with E-state index in [2.05, 4.69) is 5.32 Å². The Hall–Kier alpha value is -4.48. The van der Waals surface area contributed by atoms with E-state index in [4.69, 9.17) is 15.1 Å². The Labute approximate surface area is 200 Å². The molecule has 0 saturated heterocycles. The van der Waals surface area contributed by atoms with Gasteiger partial charge >= 0.3 is 5.97 Å². The van der Waals surface area contributed by atoms with Crippen molar-refractivity contribution in [3.63, 3.8) is 0 Å². The third-order valence-corrected chi connectivity index (χ3v) is 5.64. The summed E-state index contributed by atoms with van der Waals surface area (Å²) in [6, 6.07) is 23.3. The van der Waals surface area contributed by atoms with E-state index in [0.717, 1.165) is 22.4 Å². The summed E-state index contributed by atoms with van der Waals surface area (Å²) in [6.45, 7) is 0.136. The second-order valence-corrected chi connectivity index (χ2v) is 8.16. The first-order chi connectivity index (χ1) is 16.6. The zero-order valence-electron chi connectivity index (χ0n) is 18.0. The topological polar surface area (TPSA) is 97.0 Å². The zero-order valence-corrected chi connectivity index (χ0v) is 18.9. The minimum atomic E-state index is -0.656. The fraction of sp³-hybridized carbons (Fsp3) is 0.0769. The molecule has 0 unspecified atom stereocenters. The average molecular weight is 469 g/mol. The molecule has 0 saturated carbocycles. The van der Waals surface area contributed by atoms with E-state index >= 15 is 0 Å². The molecule has 7 nitrogen and oxygen atoms in total. The van der Waals surface area contributed by atoms with Gasteiger partial charge in [0.2, 0.25) is 0 Å². The number of hydrogen-bond donors (Lipinski definition) is 1. The summed E-state index contributed by atoms with van der Waals surface area (Å²) in [6.07, 6.45) is 4.77. The Morgan fingerprint density at radius 2 is 1.82 bits per heavy atom. The van der Waals surface area contributed by atoms with Crippen LogP contribution in [-0.4, -0.2) is 28.3 Å². The number of hydrogen-bond acceptors (Lipinski definition) is 6. The number of carbonyl (C=O) groups is 2. The van der Waals surface area contributed by atoms with Gasteiger partial charge in [0.05, 0.1) is 17.8 Å². The van der Waals surface area contributed by atoms with Crippen molar-refractivity contribution >= 4 is 34.3 Å². The molecule has 4 aromatic rings. The van der Waals surface area contributed by atoms with E-state index < -0.39 is 18.5 Å². The maximum Gasteiger partial charge on any atom is 0.331 e. The Balaban J connectivity index is 1.44. The molecule has 0 radical (unpaired) electrons. The summed E-state index contributed by atoms with van der Waals surface area (Å²) in [7, 11) is 0. The highest BCUT2D eigenvalue weighted by atomic mass is 32.1. The molecule has 0 atom stereocenters. The minimum Gasteiger partial charge on any atom is -0.452 e. The van der Waals surface area contributed by atoms with Gasteiger partial charge in [-0.15, -0.1) is 11.3 Å². The van der Waals surface area contributed by atoms with E-state index in [9.17, 15) is 9.59 Å². The van der Waals surface area contributed by atoms with Crippen LogP contribution in [0.4, 0.5) is 5.00 Å². The standard InChI is InChI=1S/C26H20N4O3S/c27-15-21-13-14-34-26(21)28-23(31)18-33-24(32)12-11-22-17-30(16-19-7-3-1-4-8-19)29-25(22)20-9-5-2-6-10-20/h1-14,17H,16,18H2,(H,28,31)/b12-11+. The van der Waals surface area contributed by atoms with Crippen molar-refractivity contribution < 1.29 is 14.3 Å². The van der Waals surface area contributed by atoms with Gasteiger partial charge in [0, 0.05) is 23.4 Å². The number of carbonyl (C=O) groups excluding carboxylic acids is 2. The molecule has 1 N–H and O–H groups in total. The molecular weight excluding hydrogens is 448 g/mol. The van der Waals surface area contributed by atoms with E-state index in [1.54, 1.807) is 17.5 Å². The highest BCUT2D eigenvalue weighted by molar-refractivity contribution is 7.14. The van der Waals surface area contributed by atoms with Gasteiger partial charge in [0.25, 0.3) is 5.91 Å². The molecule has 8 heteroatoms. The van der Waals surface area contributed by atoms with Crippen LogP contribution in [0.25, 0.3) is 17.3 Å². The van der Waals surface area contributed by atoms with Crippen molar-refractivity contribution in [3.05, 3.63) is 101 Å². The molecule has 0 aliphatic rings. The Morgan fingerprint density at radius 3 is 2.56 bits per heavy atom. The quantitative estimate of drug-likeness (QED) is 0.298. The lowest BCUT2D eigenvalue weighted by Crippen LogP contribution is -2.20. The summed E-state index contributed by atoms with van der Waals surface area (Å²) >= 11 is 1.23. The van der Waals surface area contributed by atoms with Crippen LogP contribution in [0.5, 0.6) is 0 Å². The molecule has 2 heterocycles. The number of nitriles is 1. The van der Waals surface area contributed by atoms with Gasteiger partial charge in [-0.2, -0.15) is 10.4 Å². The third-order valence-electron chi connectivity index (χ3n) is 4.81.